The molecule has 2 bridgehead atoms. The van der Waals surface area contributed by atoms with Crippen LogP contribution in [0.1, 0.15) is 50.9 Å². The summed E-state index contributed by atoms with van der Waals surface area (Å²) in [6, 6.07) is 0.00676. The highest BCUT2D eigenvalue weighted by Gasteiger charge is 2.66. The van der Waals surface area contributed by atoms with Gasteiger partial charge in [0.05, 0.1) is 0 Å². The van der Waals surface area contributed by atoms with Crippen molar-refractivity contribution < 1.29 is 8.42 Å². The molecule has 1 heterocycles. The lowest BCUT2D eigenvalue weighted by molar-refractivity contribution is 0.456. The molecule has 0 saturated heterocycles. The Hall–Kier alpha value is -0.950. The molecule has 3 aliphatic carbocycles. The Bertz CT molecular complexity index is 650. The van der Waals surface area contributed by atoms with Gasteiger partial charge in [0.2, 0.25) is 0 Å². The Kier molecular flexibility index (Phi) is 2.44. The van der Waals surface area contributed by atoms with E-state index in [4.69, 9.17) is 5.14 Å². The fourth-order valence-corrected chi connectivity index (χ4v) is 5.60. The van der Waals surface area contributed by atoms with Crippen molar-refractivity contribution in [1.29, 1.82) is 0 Å². The molecule has 3 aliphatic rings. The number of nitrogens with zero attached hydrogens (tertiary/aromatic N) is 3. The maximum absolute atomic E-state index is 11.7. The largest absolute Gasteiger partial charge is 0.298 e. The number of sulfonamides is 1. The van der Waals surface area contributed by atoms with Crippen molar-refractivity contribution in [2.75, 3.05) is 0 Å². The second-order valence-corrected chi connectivity index (χ2v) is 8.32. The van der Waals surface area contributed by atoms with Gasteiger partial charge < -0.3 is 0 Å². The molecule has 4 atom stereocenters. The van der Waals surface area contributed by atoms with Crippen LogP contribution in [0.5, 0.6) is 0 Å². The zero-order valence-electron chi connectivity index (χ0n) is 11.7. The summed E-state index contributed by atoms with van der Waals surface area (Å²) < 4.78 is 25.0. The third-order valence-electron chi connectivity index (χ3n) is 5.50. The van der Waals surface area contributed by atoms with Crippen LogP contribution in [0.3, 0.4) is 0 Å². The highest BCUT2D eigenvalue weighted by atomic mass is 32.2. The molecule has 3 fully saturated rings. The van der Waals surface area contributed by atoms with E-state index in [1.165, 1.54) is 19.3 Å². The molecule has 3 saturated carbocycles. The number of hydrogen-bond acceptors (Lipinski definition) is 4. The van der Waals surface area contributed by atoms with Crippen LogP contribution in [0.25, 0.3) is 0 Å². The van der Waals surface area contributed by atoms with Gasteiger partial charge in [-0.15, -0.1) is 10.2 Å². The van der Waals surface area contributed by atoms with E-state index in [2.05, 4.69) is 10.2 Å². The number of hydrogen-bond donors (Lipinski definition) is 1. The number of rotatable bonds is 3. The number of nitrogens with two attached hydrogens (primary N) is 1. The minimum absolute atomic E-state index is 0.00676. The Balaban J connectivity index is 1.76. The van der Waals surface area contributed by atoms with Crippen LogP contribution >= 0.6 is 0 Å². The molecule has 0 amide bonds. The molecule has 0 spiro atoms. The van der Waals surface area contributed by atoms with Gasteiger partial charge in [0.25, 0.3) is 15.2 Å². The van der Waals surface area contributed by atoms with Gasteiger partial charge in [-0.05, 0) is 56.8 Å². The van der Waals surface area contributed by atoms with E-state index in [-0.39, 0.29) is 11.2 Å². The summed E-state index contributed by atoms with van der Waals surface area (Å²) in [5, 5.41) is 13.2. The summed E-state index contributed by atoms with van der Waals surface area (Å²) in [4.78, 5) is 0. The van der Waals surface area contributed by atoms with E-state index < -0.39 is 10.0 Å². The summed E-state index contributed by atoms with van der Waals surface area (Å²) >= 11 is 0. The fraction of sp³-hybridized carbons (Fsp3) is 0.846. The molecule has 110 valence electrons. The Morgan fingerprint density at radius 1 is 1.20 bits per heavy atom. The summed E-state index contributed by atoms with van der Waals surface area (Å²) in [7, 11) is -3.81. The van der Waals surface area contributed by atoms with Crippen molar-refractivity contribution >= 4 is 10.0 Å². The molecular formula is C13H20N4O2S. The summed E-state index contributed by atoms with van der Waals surface area (Å²) in [6.45, 7) is 3.91. The Labute approximate surface area is 118 Å². The predicted molar refractivity (Wildman–Crippen MR) is 72.3 cm³/mol. The van der Waals surface area contributed by atoms with Crippen LogP contribution in [0.15, 0.2) is 5.16 Å². The zero-order valence-corrected chi connectivity index (χ0v) is 12.5. The van der Waals surface area contributed by atoms with Crippen LogP contribution in [-0.4, -0.2) is 23.2 Å². The van der Waals surface area contributed by atoms with Crippen LogP contribution in [0.2, 0.25) is 0 Å². The van der Waals surface area contributed by atoms with Gasteiger partial charge in [-0.2, -0.15) is 0 Å². The predicted octanol–water partition coefficient (Wildman–Crippen LogP) is 1.27. The van der Waals surface area contributed by atoms with E-state index in [1.807, 2.05) is 13.8 Å². The van der Waals surface area contributed by atoms with E-state index in [0.29, 0.717) is 17.8 Å². The Morgan fingerprint density at radius 2 is 1.80 bits per heavy atom. The van der Waals surface area contributed by atoms with Crippen LogP contribution in [-0.2, 0) is 10.0 Å². The molecule has 0 aromatic carbocycles. The van der Waals surface area contributed by atoms with Crippen molar-refractivity contribution in [1.82, 2.24) is 14.8 Å². The smallest absolute Gasteiger partial charge is 0.273 e. The van der Waals surface area contributed by atoms with Crippen molar-refractivity contribution in [3.63, 3.8) is 0 Å². The molecule has 20 heavy (non-hydrogen) atoms. The lowest BCUT2D eigenvalue weighted by Gasteiger charge is -2.15. The number of primary sulfonamides is 1. The van der Waals surface area contributed by atoms with Gasteiger partial charge >= 0.3 is 0 Å². The maximum atomic E-state index is 11.7. The molecule has 6 nitrogen and oxygen atoms in total. The van der Waals surface area contributed by atoms with E-state index >= 15 is 0 Å². The number of fused-ring (bicyclic) bond motifs is 5. The van der Waals surface area contributed by atoms with Crippen molar-refractivity contribution in [2.45, 2.75) is 50.2 Å². The second-order valence-electron chi connectivity index (χ2n) is 6.86. The molecule has 4 unspecified atom stereocenters. The van der Waals surface area contributed by atoms with Crippen LogP contribution in [0, 0.1) is 23.7 Å². The van der Waals surface area contributed by atoms with Crippen LogP contribution in [0.4, 0.5) is 0 Å². The average Bonchev–Trinajstić information content (AvgIpc) is 2.77. The standard InChI is InChI=1S/C13H20N4O2S/c1-6(2)17-12(15-16-13(17)20(14,18)19)11-9-7-3-4-8(5-7)10(9)11/h6-11H,3-5H2,1-2H3,(H2,14,18,19). The zero-order chi connectivity index (χ0) is 14.2. The SMILES string of the molecule is CC(C)n1c(C2C3C4CCC(C4)C23)nnc1S(N)(=O)=O. The van der Waals surface area contributed by atoms with Crippen molar-refractivity contribution in [3.05, 3.63) is 5.82 Å². The average molecular weight is 296 g/mol. The van der Waals surface area contributed by atoms with Gasteiger partial charge in [-0.3, -0.25) is 4.57 Å². The molecule has 0 aliphatic heterocycles. The van der Waals surface area contributed by atoms with Gasteiger partial charge in [0, 0.05) is 12.0 Å². The maximum Gasteiger partial charge on any atom is 0.273 e. The van der Waals surface area contributed by atoms with E-state index in [0.717, 1.165) is 17.7 Å². The third kappa shape index (κ3) is 1.56. The minimum atomic E-state index is -3.81. The minimum Gasteiger partial charge on any atom is -0.298 e. The summed E-state index contributed by atoms with van der Waals surface area (Å²) in [5.74, 6) is 4.32. The Morgan fingerprint density at radius 3 is 2.30 bits per heavy atom. The van der Waals surface area contributed by atoms with Crippen molar-refractivity contribution in [2.24, 2.45) is 28.8 Å². The normalized spacial score (nSPS) is 38.5. The fourth-order valence-electron chi connectivity index (χ4n) is 4.87. The van der Waals surface area contributed by atoms with Gasteiger partial charge in [0.15, 0.2) is 0 Å². The molecule has 1 aromatic heterocycles. The lowest BCUT2D eigenvalue weighted by Crippen LogP contribution is -2.21. The third-order valence-corrected chi connectivity index (χ3v) is 6.28. The molecule has 7 heteroatoms. The van der Waals surface area contributed by atoms with Gasteiger partial charge in [-0.1, -0.05) is 0 Å². The first-order valence-electron chi connectivity index (χ1n) is 7.37. The first-order valence-corrected chi connectivity index (χ1v) is 8.92. The highest BCUT2D eigenvalue weighted by Crippen LogP contribution is 2.72. The van der Waals surface area contributed by atoms with Gasteiger partial charge in [0.1, 0.15) is 5.82 Å². The summed E-state index contributed by atoms with van der Waals surface area (Å²) in [5.41, 5.74) is 0. The van der Waals surface area contributed by atoms with E-state index in [1.54, 1.807) is 4.57 Å². The van der Waals surface area contributed by atoms with E-state index in [9.17, 15) is 8.42 Å². The molecular weight excluding hydrogens is 276 g/mol. The first-order chi connectivity index (χ1) is 9.39. The topological polar surface area (TPSA) is 90.9 Å². The number of aromatic nitrogens is 3. The molecule has 4 rings (SSSR count). The van der Waals surface area contributed by atoms with Crippen molar-refractivity contribution in [3.8, 4) is 0 Å². The quantitative estimate of drug-likeness (QED) is 0.909. The first kappa shape index (κ1) is 12.8. The second kappa shape index (κ2) is 3.82. The lowest BCUT2D eigenvalue weighted by atomic mass is 10.0. The highest BCUT2D eigenvalue weighted by molar-refractivity contribution is 7.89. The van der Waals surface area contributed by atoms with Crippen LogP contribution < -0.4 is 5.14 Å². The molecule has 1 aromatic rings. The molecule has 0 radical (unpaired) electrons. The molecule has 2 N–H and O–H groups in total. The summed E-state index contributed by atoms with van der Waals surface area (Å²) in [6.07, 6.45) is 4.03. The van der Waals surface area contributed by atoms with Gasteiger partial charge in [-0.25, -0.2) is 13.6 Å². The monoisotopic (exact) mass is 296 g/mol.